The number of hydrogen-bond acceptors (Lipinski definition) is 8. The maximum absolute atomic E-state index is 12.1. The van der Waals surface area contributed by atoms with Gasteiger partial charge in [0.05, 0.1) is 17.6 Å². The van der Waals surface area contributed by atoms with E-state index in [1.807, 2.05) is 6.92 Å². The van der Waals surface area contributed by atoms with E-state index in [0.29, 0.717) is 0 Å². The second kappa shape index (κ2) is 7.79. The van der Waals surface area contributed by atoms with E-state index >= 15 is 0 Å². The molecule has 1 aromatic carbocycles. The van der Waals surface area contributed by atoms with Crippen molar-refractivity contribution in [1.29, 1.82) is 0 Å². The molecular formula is C16H22O8S. The van der Waals surface area contributed by atoms with E-state index in [4.69, 9.17) is 13.7 Å². The highest BCUT2D eigenvalue weighted by Gasteiger charge is 2.47. The summed E-state index contributed by atoms with van der Waals surface area (Å²) in [5.74, 6) is -0.828. The quantitative estimate of drug-likeness (QED) is 0.533. The molecule has 9 heteroatoms. The predicted molar refractivity (Wildman–Crippen MR) is 86.2 cm³/mol. The molecule has 2 N–H and O–H groups in total. The fraction of sp³-hybridized carbons (Fsp3) is 0.562. The van der Waals surface area contributed by atoms with E-state index in [0.717, 1.165) is 5.56 Å². The monoisotopic (exact) mass is 374 g/mol. The van der Waals surface area contributed by atoms with Crippen LogP contribution in [0.4, 0.5) is 0 Å². The number of carbonyl (C=O) groups is 1. The van der Waals surface area contributed by atoms with Crippen molar-refractivity contribution in [2.24, 2.45) is 0 Å². The summed E-state index contributed by atoms with van der Waals surface area (Å²) < 4.78 is 39.3. The molecular weight excluding hydrogens is 352 g/mol. The van der Waals surface area contributed by atoms with Crippen LogP contribution in [0, 0.1) is 6.92 Å². The Hall–Kier alpha value is -1.52. The summed E-state index contributed by atoms with van der Waals surface area (Å²) in [6, 6.07) is 6.04. The Kier molecular flexibility index (Phi) is 6.17. The van der Waals surface area contributed by atoms with Crippen LogP contribution < -0.4 is 0 Å². The zero-order chi connectivity index (χ0) is 18.8. The first-order valence-corrected chi connectivity index (χ1v) is 9.21. The third kappa shape index (κ3) is 4.77. The van der Waals surface area contributed by atoms with Crippen LogP contribution in [0.3, 0.4) is 0 Å². The standard InChI is InChI=1S/C16H22O8S/c1-9(2)23-16(19)15-14(18)13(17)12(24-15)8-22-25(20,21)11-6-4-10(3)5-7-11/h4-7,9,12-15,17-18H,8H2,1-3H3/t12-,13-,14+,15+/m1/s1. The smallest absolute Gasteiger partial charge is 0.338 e. The van der Waals surface area contributed by atoms with Gasteiger partial charge in [0.1, 0.15) is 18.3 Å². The largest absolute Gasteiger partial charge is 0.461 e. The van der Waals surface area contributed by atoms with Gasteiger partial charge >= 0.3 is 5.97 Å². The van der Waals surface area contributed by atoms with Crippen molar-refractivity contribution in [3.63, 3.8) is 0 Å². The minimum atomic E-state index is -4.05. The van der Waals surface area contributed by atoms with E-state index in [-0.39, 0.29) is 4.90 Å². The number of carbonyl (C=O) groups excluding carboxylic acids is 1. The molecule has 4 atom stereocenters. The molecule has 2 rings (SSSR count). The maximum Gasteiger partial charge on any atom is 0.338 e. The molecule has 8 nitrogen and oxygen atoms in total. The van der Waals surface area contributed by atoms with Gasteiger partial charge in [0.15, 0.2) is 6.10 Å². The van der Waals surface area contributed by atoms with Gasteiger partial charge in [-0.25, -0.2) is 4.79 Å². The van der Waals surface area contributed by atoms with Crippen LogP contribution >= 0.6 is 0 Å². The third-order valence-corrected chi connectivity index (χ3v) is 4.94. The molecule has 1 heterocycles. The van der Waals surface area contributed by atoms with Crippen LogP contribution in [0.1, 0.15) is 19.4 Å². The van der Waals surface area contributed by atoms with Crippen LogP contribution in [0.5, 0.6) is 0 Å². The number of hydrogen-bond donors (Lipinski definition) is 2. The molecule has 0 saturated carbocycles. The Labute approximate surface area is 146 Å². The SMILES string of the molecule is Cc1ccc(S(=O)(=O)OC[C@H]2O[C@H](C(=O)OC(C)C)[C@@H](O)[C@@H]2O)cc1. The van der Waals surface area contributed by atoms with Gasteiger partial charge in [-0.05, 0) is 32.9 Å². The van der Waals surface area contributed by atoms with Crippen LogP contribution in [0.25, 0.3) is 0 Å². The second-order valence-corrected chi connectivity index (χ2v) is 7.73. The summed E-state index contributed by atoms with van der Waals surface area (Å²) in [6.07, 6.45) is -5.99. The first-order chi connectivity index (χ1) is 11.6. The van der Waals surface area contributed by atoms with Gasteiger partial charge < -0.3 is 19.7 Å². The van der Waals surface area contributed by atoms with Crippen LogP contribution in [0.15, 0.2) is 29.2 Å². The van der Waals surface area contributed by atoms with Crippen molar-refractivity contribution in [1.82, 2.24) is 0 Å². The van der Waals surface area contributed by atoms with Gasteiger partial charge in [0.2, 0.25) is 0 Å². The molecule has 1 aliphatic heterocycles. The Bertz CT molecular complexity index is 697. The third-order valence-electron chi connectivity index (χ3n) is 3.64. The molecule has 1 fully saturated rings. The van der Waals surface area contributed by atoms with Gasteiger partial charge in [-0.15, -0.1) is 0 Å². The van der Waals surface area contributed by atoms with Crippen molar-refractivity contribution < 1.29 is 37.1 Å². The maximum atomic E-state index is 12.1. The van der Waals surface area contributed by atoms with Gasteiger partial charge in [0.25, 0.3) is 10.1 Å². The van der Waals surface area contributed by atoms with Crippen LogP contribution in [-0.2, 0) is 28.6 Å². The first kappa shape index (κ1) is 19.8. The Morgan fingerprint density at radius 3 is 2.36 bits per heavy atom. The highest BCUT2D eigenvalue weighted by Crippen LogP contribution is 2.24. The molecule has 1 aliphatic rings. The molecule has 1 saturated heterocycles. The van der Waals surface area contributed by atoms with Gasteiger partial charge in [-0.2, -0.15) is 8.42 Å². The number of aryl methyl sites for hydroxylation is 1. The van der Waals surface area contributed by atoms with E-state index in [2.05, 4.69) is 0 Å². The van der Waals surface area contributed by atoms with Crippen LogP contribution in [0.2, 0.25) is 0 Å². The number of ether oxygens (including phenoxy) is 2. The highest BCUT2D eigenvalue weighted by molar-refractivity contribution is 7.86. The van der Waals surface area contributed by atoms with Gasteiger partial charge in [-0.3, -0.25) is 4.18 Å². The van der Waals surface area contributed by atoms with E-state index in [9.17, 15) is 23.4 Å². The minimum Gasteiger partial charge on any atom is -0.461 e. The molecule has 140 valence electrons. The zero-order valence-corrected chi connectivity index (χ0v) is 15.0. The topological polar surface area (TPSA) is 119 Å². The number of aliphatic hydroxyl groups is 2. The molecule has 0 amide bonds. The number of benzene rings is 1. The van der Waals surface area contributed by atoms with Crippen molar-refractivity contribution in [3.8, 4) is 0 Å². The van der Waals surface area contributed by atoms with Gasteiger partial charge in [0, 0.05) is 0 Å². The summed E-state index contributed by atoms with van der Waals surface area (Å²) >= 11 is 0. The van der Waals surface area contributed by atoms with E-state index < -0.39 is 53.2 Å². The molecule has 1 aromatic rings. The lowest BCUT2D eigenvalue weighted by molar-refractivity contribution is -0.164. The summed E-state index contributed by atoms with van der Waals surface area (Å²) in [4.78, 5) is 11.8. The van der Waals surface area contributed by atoms with Crippen LogP contribution in [-0.4, -0.2) is 61.7 Å². The molecule has 0 bridgehead atoms. The number of esters is 1. The molecule has 0 unspecified atom stereocenters. The van der Waals surface area contributed by atoms with Crippen molar-refractivity contribution >= 4 is 16.1 Å². The summed E-state index contributed by atoms with van der Waals surface area (Å²) in [7, 11) is -4.05. The Morgan fingerprint density at radius 1 is 1.20 bits per heavy atom. The lowest BCUT2D eigenvalue weighted by Crippen LogP contribution is -2.38. The molecule has 0 aromatic heterocycles. The fourth-order valence-corrected chi connectivity index (χ4v) is 3.23. The molecule has 0 radical (unpaired) electrons. The summed E-state index contributed by atoms with van der Waals surface area (Å²) in [5.41, 5.74) is 0.892. The average molecular weight is 374 g/mol. The number of rotatable bonds is 6. The lowest BCUT2D eigenvalue weighted by Gasteiger charge is -2.15. The molecule has 0 spiro atoms. The van der Waals surface area contributed by atoms with Crippen molar-refractivity contribution in [2.45, 2.75) is 56.2 Å². The first-order valence-electron chi connectivity index (χ1n) is 7.80. The lowest BCUT2D eigenvalue weighted by atomic mass is 10.1. The Balaban J connectivity index is 2.00. The van der Waals surface area contributed by atoms with Gasteiger partial charge in [-0.1, -0.05) is 17.7 Å². The van der Waals surface area contributed by atoms with Crippen molar-refractivity contribution in [3.05, 3.63) is 29.8 Å². The normalized spacial score (nSPS) is 26.8. The Morgan fingerprint density at radius 2 is 1.80 bits per heavy atom. The van der Waals surface area contributed by atoms with E-state index in [1.165, 1.54) is 12.1 Å². The average Bonchev–Trinajstić information content (AvgIpc) is 2.81. The highest BCUT2D eigenvalue weighted by atomic mass is 32.2. The van der Waals surface area contributed by atoms with E-state index in [1.54, 1.807) is 26.0 Å². The number of aliphatic hydroxyl groups excluding tert-OH is 2. The predicted octanol–water partition coefficient (Wildman–Crippen LogP) is 0.141. The molecule has 25 heavy (non-hydrogen) atoms. The summed E-state index contributed by atoms with van der Waals surface area (Å²) in [6.45, 7) is 4.53. The summed E-state index contributed by atoms with van der Waals surface area (Å²) in [5, 5.41) is 19.9. The zero-order valence-electron chi connectivity index (χ0n) is 14.2. The van der Waals surface area contributed by atoms with Crippen molar-refractivity contribution in [2.75, 3.05) is 6.61 Å². The molecule has 0 aliphatic carbocycles. The second-order valence-electron chi connectivity index (χ2n) is 6.11. The fourth-order valence-electron chi connectivity index (χ4n) is 2.31. The minimum absolute atomic E-state index is 0.0399.